The molecule has 0 atom stereocenters. The van der Waals surface area contributed by atoms with Crippen LogP contribution >= 0.6 is 0 Å². The van der Waals surface area contributed by atoms with E-state index in [9.17, 15) is 0 Å². The Kier molecular flexibility index (Phi) is 20.7. The van der Waals surface area contributed by atoms with E-state index in [-0.39, 0.29) is 0 Å². The Labute approximate surface area is 861 Å². The molecule has 0 radical (unpaired) electrons. The number of hydrogen-bond acceptors (Lipinski definition) is 6. The molecule has 0 saturated carbocycles. The fourth-order valence-corrected chi connectivity index (χ4v) is 23.1. The van der Waals surface area contributed by atoms with Crippen molar-refractivity contribution in [3.8, 4) is 114 Å². The molecule has 0 aliphatic carbocycles. The van der Waals surface area contributed by atoms with Gasteiger partial charge in [0, 0.05) is 133 Å². The molecule has 0 aliphatic heterocycles. The van der Waals surface area contributed by atoms with E-state index in [1.54, 1.807) is 0 Å². The van der Waals surface area contributed by atoms with Gasteiger partial charge in [-0.05, 0) is 165 Å². The van der Waals surface area contributed by atoms with Crippen molar-refractivity contribution in [2.24, 2.45) is 0 Å². The van der Waals surface area contributed by atoms with Crippen LogP contribution < -0.4 is 0 Å². The van der Waals surface area contributed by atoms with Crippen LogP contribution in [0, 0.1) is 0 Å². The largest absolute Gasteiger partial charge is 0.309 e. The zero-order valence-corrected chi connectivity index (χ0v) is 81.2. The standard InChI is InChI=1S/C50H32N4.2C44H28N4/c1-3-13-33(14-4-1)35-25-27-39(28-26-35)53-43-21-11-9-19-40(43)48-45(53)29-30-46-49(48)41-20-10-12-22-44(41)54(46)47-32-42(36-16-5-2-6-17-36)51-50(52-47)38-24-23-34-15-7-8-18-37(34)31-38;1-3-15-30(16-4-1)36-28-41(46-44(45-36)33-23-13-17-29-14-7-8-20-32(29)33)48-38-25-12-10-22-35(38)43-40(48)27-26-39-42(43)34-21-9-11-24-37(34)47(39)31-18-5-2-6-19-31;1-3-14-30(15-4-1)36-28-41(46-44(45-36)32-24-23-29-13-7-8-16-31(29)27-32)48-38-22-12-10-20-35(38)43-40(48)26-25-39-42(43)34-19-9-11-21-37(34)47(39)33-17-5-2-6-18-33/h1-32H;2*1-28H. The topological polar surface area (TPSA) is 107 Å². The fraction of sp³-hybridized carbons (Fsp3) is 0. The second-order valence-electron chi connectivity index (χ2n) is 38.3. The summed E-state index contributed by atoms with van der Waals surface area (Å²) >= 11 is 0. The number of rotatable bonds is 13. The molecule has 0 N–H and O–H groups in total. The van der Waals surface area contributed by atoms with Crippen LogP contribution in [0.15, 0.2) is 534 Å². The molecule has 9 aromatic heterocycles. The first-order valence-corrected chi connectivity index (χ1v) is 50.9. The predicted molar refractivity (Wildman–Crippen MR) is 623 cm³/mol. The lowest BCUT2D eigenvalue weighted by molar-refractivity contribution is 1.05. The normalized spacial score (nSPS) is 11.7. The molecule has 9 heterocycles. The third-order valence-electron chi connectivity index (χ3n) is 29.8. The first-order chi connectivity index (χ1) is 74.4. The summed E-state index contributed by atoms with van der Waals surface area (Å²) in [6, 6.07) is 189. The van der Waals surface area contributed by atoms with Gasteiger partial charge in [-0.15, -0.1) is 0 Å². The van der Waals surface area contributed by atoms with E-state index in [2.05, 4.69) is 543 Å². The highest BCUT2D eigenvalue weighted by atomic mass is 15.1. The summed E-state index contributed by atoms with van der Waals surface area (Å²) in [6.45, 7) is 0. The van der Waals surface area contributed by atoms with Gasteiger partial charge in [0.2, 0.25) is 0 Å². The van der Waals surface area contributed by atoms with Crippen molar-refractivity contribution in [3.05, 3.63) is 534 Å². The molecule has 22 aromatic carbocycles. The van der Waals surface area contributed by atoms with Crippen LogP contribution in [0.25, 0.3) is 277 Å². The maximum absolute atomic E-state index is 5.36. The van der Waals surface area contributed by atoms with E-state index in [1.165, 1.54) is 130 Å². The van der Waals surface area contributed by atoms with Crippen molar-refractivity contribution >= 4 is 163 Å². The monoisotopic (exact) mass is 1910 g/mol. The van der Waals surface area contributed by atoms with Gasteiger partial charge in [-0.25, -0.2) is 29.9 Å². The minimum absolute atomic E-state index is 0.694. The number of benzene rings is 22. The van der Waals surface area contributed by atoms with Crippen molar-refractivity contribution in [2.45, 2.75) is 0 Å². The quantitative estimate of drug-likeness (QED) is 0.114. The molecule has 150 heavy (non-hydrogen) atoms. The highest BCUT2D eigenvalue weighted by Gasteiger charge is 2.29. The summed E-state index contributed by atoms with van der Waals surface area (Å²) in [5, 5.41) is 21.7. The molecule has 12 heteroatoms. The molecule has 700 valence electrons. The van der Waals surface area contributed by atoms with Crippen LogP contribution in [0.5, 0.6) is 0 Å². The maximum atomic E-state index is 5.36. The van der Waals surface area contributed by atoms with E-state index in [4.69, 9.17) is 29.9 Å². The van der Waals surface area contributed by atoms with Crippen LogP contribution in [0.1, 0.15) is 0 Å². The first kappa shape index (κ1) is 86.3. The molecule has 0 spiro atoms. The molecule has 0 bridgehead atoms. The van der Waals surface area contributed by atoms with E-state index >= 15 is 0 Å². The zero-order valence-electron chi connectivity index (χ0n) is 81.2. The lowest BCUT2D eigenvalue weighted by Crippen LogP contribution is -2.02. The second-order valence-corrected chi connectivity index (χ2v) is 38.3. The third kappa shape index (κ3) is 14.5. The zero-order chi connectivity index (χ0) is 98.8. The number of fused-ring (bicyclic) bond motifs is 24. The van der Waals surface area contributed by atoms with Gasteiger partial charge in [-0.2, -0.15) is 0 Å². The van der Waals surface area contributed by atoms with Crippen molar-refractivity contribution < 1.29 is 0 Å². The van der Waals surface area contributed by atoms with Gasteiger partial charge in [0.15, 0.2) is 17.5 Å². The van der Waals surface area contributed by atoms with Gasteiger partial charge in [-0.1, -0.05) is 394 Å². The minimum atomic E-state index is 0.694. The highest BCUT2D eigenvalue weighted by molar-refractivity contribution is 6.32. The first-order valence-electron chi connectivity index (χ1n) is 50.9. The molecule has 12 nitrogen and oxygen atoms in total. The van der Waals surface area contributed by atoms with Gasteiger partial charge in [0.1, 0.15) is 17.5 Å². The number of para-hydroxylation sites is 8. The fourth-order valence-electron chi connectivity index (χ4n) is 23.1. The molecule has 0 fully saturated rings. The van der Waals surface area contributed by atoms with Crippen molar-refractivity contribution in [3.63, 3.8) is 0 Å². The van der Waals surface area contributed by atoms with Crippen LogP contribution in [-0.4, -0.2) is 57.3 Å². The lowest BCUT2D eigenvalue weighted by Gasteiger charge is -2.13. The third-order valence-corrected chi connectivity index (χ3v) is 29.8. The summed E-state index contributed by atoms with van der Waals surface area (Å²) in [4.78, 5) is 31.6. The van der Waals surface area contributed by atoms with Crippen LogP contribution in [0.3, 0.4) is 0 Å². The number of aromatic nitrogens is 12. The van der Waals surface area contributed by atoms with Gasteiger partial charge in [-0.3, -0.25) is 13.7 Å². The SMILES string of the molecule is c1ccc(-c2cc(-n3c4ccccc4c4c5c6ccccc6n(-c6ccccc6)c5ccc43)nc(-c3ccc4ccccc4c3)n2)cc1.c1ccc(-c2cc(-n3c4ccccc4c4c5c6ccccc6n(-c6ccccc6)c5ccc43)nc(-c3cccc4ccccc34)n2)cc1.c1ccc(-c2ccc(-n3c4ccccc4c4c5c6ccccc6n(-c6cc(-c7ccccc7)nc(-c7ccc8ccccc8c7)n6)c5ccc43)cc2)cc1. The van der Waals surface area contributed by atoms with Gasteiger partial charge in [0.05, 0.1) is 83.3 Å². The molecule has 0 saturated heterocycles. The van der Waals surface area contributed by atoms with E-state index < -0.39 is 0 Å². The van der Waals surface area contributed by atoms with Crippen molar-refractivity contribution in [1.82, 2.24) is 57.3 Å². The average Bonchev–Trinajstić information content (AvgIpc) is 1.55. The van der Waals surface area contributed by atoms with Crippen molar-refractivity contribution in [2.75, 3.05) is 0 Å². The summed E-state index contributed by atoms with van der Waals surface area (Å²) in [5.41, 5.74) is 28.4. The Morgan fingerprint density at radius 3 is 0.713 bits per heavy atom. The number of hydrogen-bond donors (Lipinski definition) is 0. The van der Waals surface area contributed by atoms with E-state index in [0.29, 0.717) is 17.5 Å². The Bertz CT molecular complexity index is 10800. The second kappa shape index (κ2) is 35.9. The lowest BCUT2D eigenvalue weighted by atomic mass is 10.0. The highest BCUT2D eigenvalue weighted by Crippen LogP contribution is 2.49. The van der Waals surface area contributed by atoms with Crippen molar-refractivity contribution in [1.29, 1.82) is 0 Å². The van der Waals surface area contributed by atoms with E-state index in [1.807, 2.05) is 18.2 Å². The molecule has 31 rings (SSSR count). The Balaban J connectivity index is 0.000000106. The number of nitrogens with zero attached hydrogens (tertiary/aromatic N) is 12. The van der Waals surface area contributed by atoms with Crippen LogP contribution in [0.4, 0.5) is 0 Å². The molecular weight excluding hydrogens is 1830 g/mol. The van der Waals surface area contributed by atoms with Gasteiger partial charge < -0.3 is 13.7 Å². The van der Waals surface area contributed by atoms with Gasteiger partial charge >= 0.3 is 0 Å². The van der Waals surface area contributed by atoms with E-state index in [0.717, 1.165) is 129 Å². The molecule has 31 aromatic rings. The Morgan fingerprint density at radius 2 is 0.367 bits per heavy atom. The average molecular weight is 1910 g/mol. The molecule has 0 aliphatic rings. The Morgan fingerprint density at radius 1 is 0.127 bits per heavy atom. The summed E-state index contributed by atoms with van der Waals surface area (Å²) < 4.78 is 14.1. The molecular formula is C138H88N12. The maximum Gasteiger partial charge on any atom is 0.162 e. The molecule has 0 unspecified atom stereocenters. The van der Waals surface area contributed by atoms with Crippen LogP contribution in [-0.2, 0) is 0 Å². The van der Waals surface area contributed by atoms with Crippen LogP contribution in [0.2, 0.25) is 0 Å². The summed E-state index contributed by atoms with van der Waals surface area (Å²) in [6.07, 6.45) is 0. The predicted octanol–water partition coefficient (Wildman–Crippen LogP) is 35.1. The smallest absolute Gasteiger partial charge is 0.162 e. The summed E-state index contributed by atoms with van der Waals surface area (Å²) in [7, 11) is 0. The summed E-state index contributed by atoms with van der Waals surface area (Å²) in [5.74, 6) is 4.60. The Hall–Kier alpha value is -20.3. The van der Waals surface area contributed by atoms with Gasteiger partial charge in [0.25, 0.3) is 0 Å². The molecule has 0 amide bonds. The minimum Gasteiger partial charge on any atom is -0.309 e.